The molecule has 0 aliphatic carbocycles. The van der Waals surface area contributed by atoms with Gasteiger partial charge < -0.3 is 0 Å². The first kappa shape index (κ1) is 15.9. The van der Waals surface area contributed by atoms with Crippen molar-refractivity contribution in [3.05, 3.63) is 46.0 Å². The van der Waals surface area contributed by atoms with E-state index in [-0.39, 0.29) is 10.6 Å². The van der Waals surface area contributed by atoms with Crippen LogP contribution in [0, 0.1) is 22.9 Å². The van der Waals surface area contributed by atoms with Gasteiger partial charge in [0.2, 0.25) is 5.82 Å². The average Bonchev–Trinajstić information content (AvgIpc) is 2.82. The van der Waals surface area contributed by atoms with E-state index in [9.17, 15) is 22.9 Å². The normalized spacial score (nSPS) is 11.4. The van der Waals surface area contributed by atoms with Crippen molar-refractivity contribution in [1.29, 1.82) is 0 Å². The minimum Gasteiger partial charge on any atom is -0.279 e. The van der Waals surface area contributed by atoms with Gasteiger partial charge in [0.1, 0.15) is 4.90 Å². The van der Waals surface area contributed by atoms with Crippen LogP contribution < -0.4 is 4.72 Å². The number of rotatable bonds is 5. The quantitative estimate of drug-likeness (QED) is 0.668. The Hall–Kier alpha value is -2.49. The van der Waals surface area contributed by atoms with Gasteiger partial charge in [0.25, 0.3) is 10.0 Å². The minimum atomic E-state index is -3.97. The summed E-state index contributed by atoms with van der Waals surface area (Å²) in [6.07, 6.45) is 1.36. The number of aromatic nitrogens is 2. The van der Waals surface area contributed by atoms with Gasteiger partial charge in [0, 0.05) is 18.8 Å². The second-order valence-electron chi connectivity index (χ2n) is 4.46. The van der Waals surface area contributed by atoms with Crippen molar-refractivity contribution < 1.29 is 17.7 Å². The van der Waals surface area contributed by atoms with Crippen LogP contribution in [0.25, 0.3) is 0 Å². The molecule has 1 aromatic carbocycles. The first-order chi connectivity index (χ1) is 10.2. The second kappa shape index (κ2) is 5.72. The van der Waals surface area contributed by atoms with Gasteiger partial charge in [-0.05, 0) is 26.0 Å². The molecule has 8 nitrogen and oxygen atoms in total. The van der Waals surface area contributed by atoms with E-state index in [1.54, 1.807) is 6.92 Å². The zero-order chi connectivity index (χ0) is 16.5. The Morgan fingerprint density at radius 1 is 1.45 bits per heavy atom. The fourth-order valence-corrected chi connectivity index (χ4v) is 3.09. The highest BCUT2D eigenvalue weighted by molar-refractivity contribution is 7.92. The molecule has 0 spiro atoms. The number of sulfonamides is 1. The number of nitrogens with one attached hydrogen (secondary N) is 1. The number of aryl methyl sites for hydroxylation is 2. The van der Waals surface area contributed by atoms with Crippen LogP contribution in [0.5, 0.6) is 0 Å². The van der Waals surface area contributed by atoms with Gasteiger partial charge in [0.15, 0.2) is 0 Å². The maximum Gasteiger partial charge on any atom is 0.306 e. The lowest BCUT2D eigenvalue weighted by Gasteiger charge is -2.07. The molecular weight excluding hydrogens is 315 g/mol. The number of nitrogens with zero attached hydrogens (tertiary/aromatic N) is 3. The molecule has 0 amide bonds. The van der Waals surface area contributed by atoms with Crippen LogP contribution in [0.2, 0.25) is 0 Å². The molecule has 0 saturated carbocycles. The molecule has 0 unspecified atom stereocenters. The molecule has 118 valence electrons. The van der Waals surface area contributed by atoms with E-state index in [1.807, 2.05) is 0 Å². The standard InChI is InChI=1S/C12H13FN4O4S/c1-3-16-7-12(8(2)14-16)22(20,21)15-9-4-5-10(13)11(6-9)17(18)19/h4-7,15H,3H2,1-2H3. The molecule has 0 fully saturated rings. The van der Waals surface area contributed by atoms with Crippen molar-refractivity contribution in [1.82, 2.24) is 9.78 Å². The Balaban J connectivity index is 2.38. The zero-order valence-corrected chi connectivity index (χ0v) is 12.6. The van der Waals surface area contributed by atoms with Crippen molar-refractivity contribution in [3.8, 4) is 0 Å². The largest absolute Gasteiger partial charge is 0.306 e. The van der Waals surface area contributed by atoms with Gasteiger partial charge in [-0.3, -0.25) is 19.5 Å². The number of nitro groups is 1. The Labute approximate surface area is 125 Å². The summed E-state index contributed by atoms with van der Waals surface area (Å²) in [5.41, 5.74) is -0.608. The SMILES string of the molecule is CCn1cc(S(=O)(=O)Nc2ccc(F)c([N+](=O)[O-])c2)c(C)n1. The third-order valence-electron chi connectivity index (χ3n) is 2.91. The summed E-state index contributed by atoms with van der Waals surface area (Å²) in [6.45, 7) is 3.84. The lowest BCUT2D eigenvalue weighted by atomic mass is 10.3. The number of anilines is 1. The van der Waals surface area contributed by atoms with Crippen LogP contribution in [0.3, 0.4) is 0 Å². The van der Waals surface area contributed by atoms with Gasteiger partial charge in [-0.25, -0.2) is 8.42 Å². The predicted molar refractivity (Wildman–Crippen MR) is 76.5 cm³/mol. The number of halogens is 1. The van der Waals surface area contributed by atoms with Crippen LogP contribution >= 0.6 is 0 Å². The molecule has 1 N–H and O–H groups in total. The molecule has 2 aromatic rings. The number of nitro benzene ring substituents is 1. The van der Waals surface area contributed by atoms with Gasteiger partial charge >= 0.3 is 5.69 Å². The van der Waals surface area contributed by atoms with E-state index in [1.165, 1.54) is 17.8 Å². The molecule has 0 radical (unpaired) electrons. The zero-order valence-electron chi connectivity index (χ0n) is 11.8. The maximum atomic E-state index is 13.3. The lowest BCUT2D eigenvalue weighted by molar-refractivity contribution is -0.387. The molecule has 0 atom stereocenters. The maximum absolute atomic E-state index is 13.3. The number of hydrogen-bond acceptors (Lipinski definition) is 5. The molecule has 0 bridgehead atoms. The predicted octanol–water partition coefficient (Wildman–Crippen LogP) is 2.06. The smallest absolute Gasteiger partial charge is 0.279 e. The summed E-state index contributed by atoms with van der Waals surface area (Å²) in [5, 5.41) is 14.7. The van der Waals surface area contributed by atoms with Crippen molar-refractivity contribution in [2.75, 3.05) is 4.72 Å². The molecule has 0 saturated heterocycles. The molecule has 1 heterocycles. The van der Waals surface area contributed by atoms with Crippen molar-refractivity contribution >= 4 is 21.4 Å². The van der Waals surface area contributed by atoms with Crippen LogP contribution in [0.1, 0.15) is 12.6 Å². The number of hydrogen-bond donors (Lipinski definition) is 1. The summed E-state index contributed by atoms with van der Waals surface area (Å²) >= 11 is 0. The Bertz CT molecular complexity index is 832. The average molecular weight is 328 g/mol. The first-order valence-corrected chi connectivity index (χ1v) is 7.73. The fourth-order valence-electron chi connectivity index (χ4n) is 1.85. The van der Waals surface area contributed by atoms with Crippen LogP contribution in [-0.4, -0.2) is 23.1 Å². The minimum absolute atomic E-state index is 0.0404. The van der Waals surface area contributed by atoms with E-state index < -0.39 is 26.5 Å². The summed E-state index contributed by atoms with van der Waals surface area (Å²) in [7, 11) is -3.97. The Morgan fingerprint density at radius 2 is 2.14 bits per heavy atom. The van der Waals surface area contributed by atoms with Gasteiger partial charge in [-0.15, -0.1) is 0 Å². The first-order valence-electron chi connectivity index (χ1n) is 6.25. The molecule has 0 aliphatic rings. The van der Waals surface area contributed by atoms with E-state index in [4.69, 9.17) is 0 Å². The molecular formula is C12H13FN4O4S. The highest BCUT2D eigenvalue weighted by Crippen LogP contribution is 2.24. The fraction of sp³-hybridized carbons (Fsp3) is 0.250. The molecule has 10 heteroatoms. The summed E-state index contributed by atoms with van der Waals surface area (Å²) < 4.78 is 41.5. The summed E-state index contributed by atoms with van der Waals surface area (Å²) in [6, 6.07) is 2.77. The van der Waals surface area contributed by atoms with Crippen molar-refractivity contribution in [2.24, 2.45) is 0 Å². The summed E-state index contributed by atoms with van der Waals surface area (Å²) in [5.74, 6) is -1.04. The highest BCUT2D eigenvalue weighted by Gasteiger charge is 2.22. The van der Waals surface area contributed by atoms with Crippen LogP contribution in [0.15, 0.2) is 29.3 Å². The molecule has 2 rings (SSSR count). The monoisotopic (exact) mass is 328 g/mol. The van der Waals surface area contributed by atoms with Gasteiger partial charge in [-0.1, -0.05) is 0 Å². The van der Waals surface area contributed by atoms with E-state index in [0.29, 0.717) is 12.2 Å². The third kappa shape index (κ3) is 3.06. The van der Waals surface area contributed by atoms with Crippen molar-refractivity contribution in [2.45, 2.75) is 25.3 Å². The lowest BCUT2D eigenvalue weighted by Crippen LogP contribution is -2.13. The molecule has 22 heavy (non-hydrogen) atoms. The van der Waals surface area contributed by atoms with E-state index in [0.717, 1.165) is 18.2 Å². The topological polar surface area (TPSA) is 107 Å². The van der Waals surface area contributed by atoms with Gasteiger partial charge in [0.05, 0.1) is 16.3 Å². The van der Waals surface area contributed by atoms with E-state index in [2.05, 4.69) is 9.82 Å². The Kier molecular flexibility index (Phi) is 4.13. The van der Waals surface area contributed by atoms with E-state index >= 15 is 0 Å². The highest BCUT2D eigenvalue weighted by atomic mass is 32.2. The van der Waals surface area contributed by atoms with Crippen LogP contribution in [-0.2, 0) is 16.6 Å². The number of benzene rings is 1. The second-order valence-corrected chi connectivity index (χ2v) is 6.11. The van der Waals surface area contributed by atoms with Gasteiger partial charge in [-0.2, -0.15) is 9.49 Å². The molecule has 0 aliphatic heterocycles. The third-order valence-corrected chi connectivity index (χ3v) is 4.39. The molecule has 1 aromatic heterocycles. The Morgan fingerprint density at radius 3 is 2.68 bits per heavy atom. The van der Waals surface area contributed by atoms with Crippen molar-refractivity contribution in [3.63, 3.8) is 0 Å². The summed E-state index contributed by atoms with van der Waals surface area (Å²) in [4.78, 5) is 9.72. The van der Waals surface area contributed by atoms with Crippen LogP contribution in [0.4, 0.5) is 15.8 Å².